The number of fused-ring (bicyclic) bond motifs is 1. The van der Waals surface area contributed by atoms with Crippen LogP contribution >= 0.6 is 15.9 Å². The molecule has 0 unspecified atom stereocenters. The number of halogens is 1. The van der Waals surface area contributed by atoms with Gasteiger partial charge in [0.2, 0.25) is 0 Å². The van der Waals surface area contributed by atoms with Gasteiger partial charge in [-0.1, -0.05) is 22.0 Å². The number of hydrogen-bond acceptors (Lipinski definition) is 2. The minimum Gasteiger partial charge on any atom is -0.256 e. The number of aromatic nitrogens is 1. The van der Waals surface area contributed by atoms with Gasteiger partial charge in [0, 0.05) is 16.9 Å². The van der Waals surface area contributed by atoms with E-state index in [0.717, 1.165) is 21.8 Å². The fourth-order valence-electron chi connectivity index (χ4n) is 1.36. The van der Waals surface area contributed by atoms with Crippen molar-refractivity contribution in [3.8, 4) is 6.07 Å². The van der Waals surface area contributed by atoms with Gasteiger partial charge in [0.1, 0.15) is 0 Å². The van der Waals surface area contributed by atoms with Crippen molar-refractivity contribution in [2.24, 2.45) is 0 Å². The Bertz CT molecular complexity index is 514. The maximum atomic E-state index is 8.91. The van der Waals surface area contributed by atoms with E-state index < -0.39 is 0 Å². The van der Waals surface area contributed by atoms with E-state index in [2.05, 4.69) is 27.0 Å². The van der Waals surface area contributed by atoms with Gasteiger partial charge in [-0.3, -0.25) is 4.98 Å². The molecular formula is C11H7BrN2. The number of rotatable bonds is 1. The number of alkyl halides is 1. The standard InChI is InChI=1S/C11H7BrN2/c12-5-8-4-10-9(6-13)2-1-3-11(10)14-7-8/h1-4,7H,5H2. The zero-order valence-corrected chi connectivity index (χ0v) is 8.95. The maximum absolute atomic E-state index is 8.91. The van der Waals surface area contributed by atoms with Gasteiger partial charge < -0.3 is 0 Å². The summed E-state index contributed by atoms with van der Waals surface area (Å²) in [6.45, 7) is 0. The average molecular weight is 247 g/mol. The first-order chi connectivity index (χ1) is 6.85. The maximum Gasteiger partial charge on any atom is 0.0998 e. The summed E-state index contributed by atoms with van der Waals surface area (Å²) in [6.07, 6.45) is 1.82. The van der Waals surface area contributed by atoms with Crippen molar-refractivity contribution >= 4 is 26.8 Å². The lowest BCUT2D eigenvalue weighted by Gasteiger charge is -2.00. The minimum atomic E-state index is 0.679. The van der Waals surface area contributed by atoms with Crippen molar-refractivity contribution in [1.82, 2.24) is 4.98 Å². The fourth-order valence-corrected chi connectivity index (χ4v) is 1.67. The van der Waals surface area contributed by atoms with Crippen LogP contribution in [0.25, 0.3) is 10.9 Å². The fraction of sp³-hybridized carbons (Fsp3) is 0.0909. The molecule has 0 atom stereocenters. The van der Waals surface area contributed by atoms with Crippen LogP contribution in [0, 0.1) is 11.3 Å². The lowest BCUT2D eigenvalue weighted by atomic mass is 10.1. The molecule has 14 heavy (non-hydrogen) atoms. The molecule has 3 heteroatoms. The van der Waals surface area contributed by atoms with Crippen LogP contribution < -0.4 is 0 Å². The van der Waals surface area contributed by atoms with Crippen LogP contribution in [0.2, 0.25) is 0 Å². The Hall–Kier alpha value is -1.40. The van der Waals surface area contributed by atoms with Crippen molar-refractivity contribution in [1.29, 1.82) is 5.26 Å². The molecule has 0 N–H and O–H groups in total. The van der Waals surface area contributed by atoms with Gasteiger partial charge in [0.05, 0.1) is 17.1 Å². The van der Waals surface area contributed by atoms with E-state index >= 15 is 0 Å². The summed E-state index contributed by atoms with van der Waals surface area (Å²) < 4.78 is 0. The highest BCUT2D eigenvalue weighted by Gasteiger charge is 2.01. The van der Waals surface area contributed by atoms with Gasteiger partial charge in [-0.15, -0.1) is 0 Å². The largest absolute Gasteiger partial charge is 0.256 e. The number of benzene rings is 1. The van der Waals surface area contributed by atoms with E-state index in [0.29, 0.717) is 5.56 Å². The van der Waals surface area contributed by atoms with Crippen molar-refractivity contribution in [3.05, 3.63) is 41.6 Å². The Morgan fingerprint density at radius 3 is 3.00 bits per heavy atom. The monoisotopic (exact) mass is 246 g/mol. The van der Waals surface area contributed by atoms with E-state index in [1.807, 2.05) is 30.5 Å². The highest BCUT2D eigenvalue weighted by atomic mass is 79.9. The van der Waals surface area contributed by atoms with Crippen LogP contribution in [-0.4, -0.2) is 4.98 Å². The molecule has 0 saturated carbocycles. The average Bonchev–Trinajstić information content (AvgIpc) is 2.27. The van der Waals surface area contributed by atoms with E-state index in [1.54, 1.807) is 0 Å². The molecule has 0 spiro atoms. The summed E-state index contributed by atoms with van der Waals surface area (Å²) in [5, 5.41) is 10.6. The minimum absolute atomic E-state index is 0.679. The van der Waals surface area contributed by atoms with Gasteiger partial charge in [-0.25, -0.2) is 0 Å². The number of nitrogens with zero attached hydrogens (tertiary/aromatic N) is 2. The Morgan fingerprint density at radius 1 is 1.43 bits per heavy atom. The summed E-state index contributed by atoms with van der Waals surface area (Å²) in [4.78, 5) is 4.28. The molecule has 0 radical (unpaired) electrons. The van der Waals surface area contributed by atoms with Crippen LogP contribution in [0.3, 0.4) is 0 Å². The molecule has 2 aromatic rings. The van der Waals surface area contributed by atoms with Gasteiger partial charge in [0.25, 0.3) is 0 Å². The van der Waals surface area contributed by atoms with Crippen LogP contribution in [0.1, 0.15) is 11.1 Å². The quantitative estimate of drug-likeness (QED) is 0.726. The van der Waals surface area contributed by atoms with E-state index in [-0.39, 0.29) is 0 Å². The lowest BCUT2D eigenvalue weighted by Crippen LogP contribution is -1.86. The second-order valence-corrected chi connectivity index (χ2v) is 3.52. The molecule has 2 rings (SSSR count). The Labute approximate surface area is 90.3 Å². The predicted molar refractivity (Wildman–Crippen MR) is 59.1 cm³/mol. The Balaban J connectivity index is 2.78. The van der Waals surface area contributed by atoms with E-state index in [9.17, 15) is 0 Å². The molecular weight excluding hydrogens is 240 g/mol. The summed E-state index contributed by atoms with van der Waals surface area (Å²) in [6, 6.07) is 9.73. The normalized spacial score (nSPS) is 10.0. The zero-order chi connectivity index (χ0) is 9.97. The third-order valence-corrected chi connectivity index (χ3v) is 2.70. The highest BCUT2D eigenvalue weighted by molar-refractivity contribution is 9.08. The summed E-state index contributed by atoms with van der Waals surface area (Å²) >= 11 is 3.37. The molecule has 0 saturated heterocycles. The molecule has 1 aromatic carbocycles. The molecule has 0 amide bonds. The second-order valence-electron chi connectivity index (χ2n) is 2.96. The molecule has 1 aromatic heterocycles. The van der Waals surface area contributed by atoms with Gasteiger partial charge in [0.15, 0.2) is 0 Å². The van der Waals surface area contributed by atoms with Crippen LogP contribution in [0.4, 0.5) is 0 Å². The molecule has 0 fully saturated rings. The first-order valence-corrected chi connectivity index (χ1v) is 5.31. The van der Waals surface area contributed by atoms with E-state index in [4.69, 9.17) is 5.26 Å². The lowest BCUT2D eigenvalue weighted by molar-refractivity contribution is 1.31. The Kier molecular flexibility index (Phi) is 2.47. The molecule has 0 aliphatic heterocycles. The summed E-state index contributed by atoms with van der Waals surface area (Å²) in [5.74, 6) is 0. The Morgan fingerprint density at radius 2 is 2.29 bits per heavy atom. The molecule has 0 aliphatic carbocycles. The SMILES string of the molecule is N#Cc1cccc2ncc(CBr)cc12. The van der Waals surface area contributed by atoms with Crippen LogP contribution in [0.5, 0.6) is 0 Å². The number of pyridine rings is 1. The third kappa shape index (κ3) is 1.49. The highest BCUT2D eigenvalue weighted by Crippen LogP contribution is 2.18. The zero-order valence-electron chi connectivity index (χ0n) is 7.37. The van der Waals surface area contributed by atoms with Gasteiger partial charge in [-0.2, -0.15) is 5.26 Å². The molecule has 1 heterocycles. The van der Waals surface area contributed by atoms with E-state index in [1.165, 1.54) is 0 Å². The first-order valence-electron chi connectivity index (χ1n) is 4.19. The molecule has 68 valence electrons. The summed E-state index contributed by atoms with van der Waals surface area (Å²) in [7, 11) is 0. The smallest absolute Gasteiger partial charge is 0.0998 e. The van der Waals surface area contributed by atoms with Crippen LogP contribution in [0.15, 0.2) is 30.5 Å². The summed E-state index contributed by atoms with van der Waals surface area (Å²) in [5.41, 5.74) is 2.63. The van der Waals surface area contributed by atoms with Crippen molar-refractivity contribution in [2.45, 2.75) is 5.33 Å². The van der Waals surface area contributed by atoms with Gasteiger partial charge in [-0.05, 0) is 23.8 Å². The van der Waals surface area contributed by atoms with Gasteiger partial charge >= 0.3 is 0 Å². The van der Waals surface area contributed by atoms with Crippen molar-refractivity contribution < 1.29 is 0 Å². The number of nitriles is 1. The van der Waals surface area contributed by atoms with Crippen molar-refractivity contribution in [3.63, 3.8) is 0 Å². The first kappa shape index (κ1) is 9.17. The molecule has 0 aliphatic rings. The topological polar surface area (TPSA) is 36.7 Å². The van der Waals surface area contributed by atoms with Crippen molar-refractivity contribution in [2.75, 3.05) is 0 Å². The predicted octanol–water partition coefficient (Wildman–Crippen LogP) is 3.00. The third-order valence-electron chi connectivity index (χ3n) is 2.06. The molecule has 2 nitrogen and oxygen atoms in total. The molecule has 0 bridgehead atoms. The second kappa shape index (κ2) is 3.77. The van der Waals surface area contributed by atoms with Crippen LogP contribution in [-0.2, 0) is 5.33 Å². The number of hydrogen-bond donors (Lipinski definition) is 0.